The molecule has 2 aliphatic rings. The average molecular weight is 339 g/mol. The zero-order valence-electron chi connectivity index (χ0n) is 14.0. The number of carbonyl (C=O) groups excluding carboxylic acids is 2. The van der Waals surface area contributed by atoms with Crippen LogP contribution in [-0.2, 0) is 20.9 Å². The van der Waals surface area contributed by atoms with E-state index in [9.17, 15) is 9.59 Å². The Morgan fingerprint density at radius 1 is 1.28 bits per heavy atom. The van der Waals surface area contributed by atoms with Crippen LogP contribution in [0.4, 0.5) is 0 Å². The molecule has 1 aromatic carbocycles. The molecule has 6 nitrogen and oxygen atoms in total. The summed E-state index contributed by atoms with van der Waals surface area (Å²) in [6.07, 6.45) is 5.51. The molecular weight excluding hydrogens is 318 g/mol. The number of amides is 1. The van der Waals surface area contributed by atoms with E-state index in [-0.39, 0.29) is 24.2 Å². The Labute approximate surface area is 146 Å². The van der Waals surface area contributed by atoms with Crippen molar-refractivity contribution >= 4 is 11.9 Å². The summed E-state index contributed by atoms with van der Waals surface area (Å²) >= 11 is 0. The third-order valence-corrected chi connectivity index (χ3v) is 5.32. The fourth-order valence-corrected chi connectivity index (χ4v) is 4.05. The molecule has 130 valence electrons. The number of esters is 1. The Hall–Kier alpha value is -2.63. The minimum atomic E-state index is -0.570. The molecule has 1 aromatic heterocycles. The maximum absolute atomic E-state index is 12.7. The van der Waals surface area contributed by atoms with E-state index in [2.05, 4.69) is 15.5 Å². The van der Waals surface area contributed by atoms with Crippen LogP contribution in [0.15, 0.2) is 36.5 Å². The molecule has 0 bridgehead atoms. The minimum Gasteiger partial charge on any atom is -0.458 e. The lowest BCUT2D eigenvalue weighted by atomic mass is 9.85. The van der Waals surface area contributed by atoms with Crippen LogP contribution in [0.1, 0.15) is 37.7 Å². The van der Waals surface area contributed by atoms with Gasteiger partial charge in [-0.3, -0.25) is 14.7 Å². The number of nitrogens with zero attached hydrogens (tertiary/aromatic N) is 1. The highest BCUT2D eigenvalue weighted by atomic mass is 16.6. The largest absolute Gasteiger partial charge is 0.458 e. The number of ether oxygens (including phenoxy) is 1. The predicted molar refractivity (Wildman–Crippen MR) is 91.3 cm³/mol. The molecule has 1 saturated heterocycles. The van der Waals surface area contributed by atoms with Crippen molar-refractivity contribution < 1.29 is 14.3 Å². The van der Waals surface area contributed by atoms with Crippen molar-refractivity contribution in [3.05, 3.63) is 42.1 Å². The number of rotatable bonds is 4. The Morgan fingerprint density at radius 2 is 2.04 bits per heavy atom. The van der Waals surface area contributed by atoms with Crippen molar-refractivity contribution in [2.75, 3.05) is 0 Å². The van der Waals surface area contributed by atoms with Gasteiger partial charge in [-0.1, -0.05) is 30.3 Å². The summed E-state index contributed by atoms with van der Waals surface area (Å²) in [6.45, 7) is 0.375. The van der Waals surface area contributed by atoms with Crippen molar-refractivity contribution in [3.8, 4) is 11.3 Å². The summed E-state index contributed by atoms with van der Waals surface area (Å²) in [5.41, 5.74) is 2.27. The number of carbonyl (C=O) groups is 2. The van der Waals surface area contributed by atoms with Crippen molar-refractivity contribution in [1.29, 1.82) is 0 Å². The first-order chi connectivity index (χ1) is 12.2. The molecule has 1 spiro atoms. The van der Waals surface area contributed by atoms with Crippen LogP contribution in [0.2, 0.25) is 0 Å². The first-order valence-electron chi connectivity index (χ1n) is 8.75. The molecule has 4 rings (SSSR count). The van der Waals surface area contributed by atoms with E-state index >= 15 is 0 Å². The van der Waals surface area contributed by atoms with Gasteiger partial charge in [-0.25, -0.2) is 0 Å². The van der Waals surface area contributed by atoms with Gasteiger partial charge in [0.25, 0.3) is 0 Å². The third kappa shape index (κ3) is 2.92. The zero-order chi connectivity index (χ0) is 17.3. The van der Waals surface area contributed by atoms with Crippen LogP contribution in [0.5, 0.6) is 0 Å². The fourth-order valence-electron chi connectivity index (χ4n) is 4.05. The molecule has 1 saturated carbocycles. The summed E-state index contributed by atoms with van der Waals surface area (Å²) in [7, 11) is 0. The molecule has 2 N–H and O–H groups in total. The second kappa shape index (κ2) is 6.35. The molecule has 1 amide bonds. The van der Waals surface area contributed by atoms with Crippen LogP contribution >= 0.6 is 0 Å². The number of hydrogen-bond acceptors (Lipinski definition) is 4. The minimum absolute atomic E-state index is 0.104. The lowest BCUT2D eigenvalue weighted by Gasteiger charge is -2.27. The highest BCUT2D eigenvalue weighted by Gasteiger charge is 2.53. The number of aromatic nitrogens is 2. The topological polar surface area (TPSA) is 84.1 Å². The lowest BCUT2D eigenvalue weighted by molar-refractivity contribution is -0.149. The highest BCUT2D eigenvalue weighted by molar-refractivity contribution is 5.88. The first-order valence-corrected chi connectivity index (χ1v) is 8.75. The Morgan fingerprint density at radius 3 is 2.80 bits per heavy atom. The van der Waals surface area contributed by atoms with E-state index in [1.807, 2.05) is 30.3 Å². The van der Waals surface area contributed by atoms with Crippen molar-refractivity contribution in [3.63, 3.8) is 0 Å². The van der Waals surface area contributed by atoms with Crippen LogP contribution in [0.25, 0.3) is 11.3 Å². The molecular formula is C19H21N3O3. The molecule has 1 aliphatic heterocycles. The van der Waals surface area contributed by atoms with Gasteiger partial charge in [-0.05, 0) is 31.2 Å². The maximum atomic E-state index is 12.7. The van der Waals surface area contributed by atoms with E-state index in [1.54, 1.807) is 6.20 Å². The van der Waals surface area contributed by atoms with E-state index in [0.717, 1.165) is 42.5 Å². The summed E-state index contributed by atoms with van der Waals surface area (Å²) in [6, 6.07) is 9.87. The van der Waals surface area contributed by atoms with Crippen LogP contribution in [0, 0.1) is 5.92 Å². The molecule has 1 aliphatic carbocycles. The second-order valence-electron chi connectivity index (χ2n) is 6.86. The molecule has 25 heavy (non-hydrogen) atoms. The Bertz CT molecular complexity index is 778. The van der Waals surface area contributed by atoms with Gasteiger partial charge in [0, 0.05) is 12.1 Å². The zero-order valence-corrected chi connectivity index (χ0v) is 14.0. The first kappa shape index (κ1) is 15.9. The summed E-state index contributed by atoms with van der Waals surface area (Å²) in [4.78, 5) is 24.5. The summed E-state index contributed by atoms with van der Waals surface area (Å²) in [5.74, 6) is -0.738. The lowest BCUT2D eigenvalue weighted by Crippen LogP contribution is -2.42. The number of H-pyrrole nitrogens is 1. The normalized spacial score (nSPS) is 21.4. The van der Waals surface area contributed by atoms with E-state index in [1.165, 1.54) is 0 Å². The monoisotopic (exact) mass is 339 g/mol. The molecule has 0 radical (unpaired) electrons. The van der Waals surface area contributed by atoms with Crippen molar-refractivity contribution in [2.24, 2.45) is 5.92 Å². The highest BCUT2D eigenvalue weighted by Crippen LogP contribution is 2.45. The molecule has 1 atom stereocenters. The van der Waals surface area contributed by atoms with Gasteiger partial charge < -0.3 is 10.1 Å². The number of nitrogens with one attached hydrogen (secondary N) is 2. The van der Waals surface area contributed by atoms with E-state index in [0.29, 0.717) is 6.54 Å². The molecule has 2 fully saturated rings. The quantitative estimate of drug-likeness (QED) is 0.839. The van der Waals surface area contributed by atoms with Crippen LogP contribution in [0.3, 0.4) is 0 Å². The van der Waals surface area contributed by atoms with Gasteiger partial charge in [0.1, 0.15) is 5.60 Å². The number of aromatic amines is 1. The van der Waals surface area contributed by atoms with E-state index in [4.69, 9.17) is 4.74 Å². The van der Waals surface area contributed by atoms with Crippen molar-refractivity contribution in [2.45, 2.75) is 44.2 Å². The van der Waals surface area contributed by atoms with Crippen LogP contribution < -0.4 is 5.32 Å². The van der Waals surface area contributed by atoms with Gasteiger partial charge in [0.2, 0.25) is 5.91 Å². The third-order valence-electron chi connectivity index (χ3n) is 5.32. The Kier molecular flexibility index (Phi) is 4.03. The molecule has 0 unspecified atom stereocenters. The molecule has 2 aromatic rings. The molecule has 6 heteroatoms. The predicted octanol–water partition coefficient (Wildman–Crippen LogP) is 2.57. The number of benzene rings is 1. The summed E-state index contributed by atoms with van der Waals surface area (Å²) in [5, 5.41) is 10.1. The average Bonchev–Trinajstić information content (AvgIpc) is 3.35. The smallest absolute Gasteiger partial charge is 0.307 e. The van der Waals surface area contributed by atoms with Gasteiger partial charge >= 0.3 is 5.97 Å². The second-order valence-corrected chi connectivity index (χ2v) is 6.86. The maximum Gasteiger partial charge on any atom is 0.307 e. The fraction of sp³-hybridized carbons (Fsp3) is 0.421. The van der Waals surface area contributed by atoms with Gasteiger partial charge in [0.05, 0.1) is 24.2 Å². The van der Waals surface area contributed by atoms with Crippen molar-refractivity contribution in [1.82, 2.24) is 15.5 Å². The van der Waals surface area contributed by atoms with Crippen LogP contribution in [-0.4, -0.2) is 27.7 Å². The summed E-state index contributed by atoms with van der Waals surface area (Å²) < 4.78 is 5.56. The van der Waals surface area contributed by atoms with Gasteiger partial charge in [-0.15, -0.1) is 0 Å². The van der Waals surface area contributed by atoms with E-state index < -0.39 is 5.60 Å². The molecule has 2 heterocycles. The standard InChI is InChI=1S/C19H21N3O3/c23-16-10-15(19(25-16)8-4-5-9-19)18(24)20-11-14-12-21-22-17(14)13-6-2-1-3-7-13/h1-3,6-7,12,15H,4-5,8-11H2,(H,20,24)(H,21,22)/t15-/m1/s1. The SMILES string of the molecule is O=C1C[C@H](C(=O)NCc2cn[nH]c2-c2ccccc2)C2(CCCC2)O1. The van der Waals surface area contributed by atoms with Gasteiger partial charge in [-0.2, -0.15) is 5.10 Å². The number of hydrogen-bond donors (Lipinski definition) is 2. The Balaban J connectivity index is 1.46. The van der Waals surface area contributed by atoms with Gasteiger partial charge in [0.15, 0.2) is 0 Å².